The first-order valence-corrected chi connectivity index (χ1v) is 6.95. The SMILES string of the molecule is O=C(Nc1ccc(Oc2ccccc2)cc1)C1CCC1. The Morgan fingerprint density at radius 3 is 2.20 bits per heavy atom. The quantitative estimate of drug-likeness (QED) is 0.900. The molecule has 0 atom stereocenters. The van der Waals surface area contributed by atoms with Crippen molar-refractivity contribution in [2.24, 2.45) is 5.92 Å². The largest absolute Gasteiger partial charge is 0.457 e. The molecule has 3 rings (SSSR count). The van der Waals surface area contributed by atoms with Gasteiger partial charge in [-0.05, 0) is 49.2 Å². The lowest BCUT2D eigenvalue weighted by atomic mass is 9.85. The number of ether oxygens (including phenoxy) is 1. The summed E-state index contributed by atoms with van der Waals surface area (Å²) >= 11 is 0. The van der Waals surface area contributed by atoms with Crippen LogP contribution < -0.4 is 10.1 Å². The second kappa shape index (κ2) is 5.78. The van der Waals surface area contributed by atoms with Crippen molar-refractivity contribution in [2.75, 3.05) is 5.32 Å². The van der Waals surface area contributed by atoms with Gasteiger partial charge in [-0.25, -0.2) is 0 Å². The zero-order valence-electron chi connectivity index (χ0n) is 11.2. The Balaban J connectivity index is 1.61. The van der Waals surface area contributed by atoms with Crippen molar-refractivity contribution in [2.45, 2.75) is 19.3 Å². The number of carbonyl (C=O) groups is 1. The van der Waals surface area contributed by atoms with Crippen molar-refractivity contribution >= 4 is 11.6 Å². The molecule has 1 N–H and O–H groups in total. The van der Waals surface area contributed by atoms with Crippen molar-refractivity contribution < 1.29 is 9.53 Å². The molecule has 0 unspecified atom stereocenters. The average Bonchev–Trinajstić information content (AvgIpc) is 2.40. The normalized spacial score (nSPS) is 14.4. The van der Waals surface area contributed by atoms with Gasteiger partial charge in [0.25, 0.3) is 0 Å². The molecule has 102 valence electrons. The monoisotopic (exact) mass is 267 g/mol. The van der Waals surface area contributed by atoms with E-state index < -0.39 is 0 Å². The van der Waals surface area contributed by atoms with Gasteiger partial charge >= 0.3 is 0 Å². The van der Waals surface area contributed by atoms with E-state index in [1.54, 1.807) is 0 Å². The summed E-state index contributed by atoms with van der Waals surface area (Å²) in [6.07, 6.45) is 3.20. The lowest BCUT2D eigenvalue weighted by Crippen LogP contribution is -2.27. The maximum Gasteiger partial charge on any atom is 0.227 e. The van der Waals surface area contributed by atoms with Crippen LogP contribution >= 0.6 is 0 Å². The van der Waals surface area contributed by atoms with Gasteiger partial charge in [-0.15, -0.1) is 0 Å². The van der Waals surface area contributed by atoms with E-state index in [1.165, 1.54) is 6.42 Å². The maximum atomic E-state index is 11.8. The Morgan fingerprint density at radius 2 is 1.60 bits per heavy atom. The summed E-state index contributed by atoms with van der Waals surface area (Å²) in [5.74, 6) is 1.90. The summed E-state index contributed by atoms with van der Waals surface area (Å²) in [5.41, 5.74) is 0.822. The predicted molar refractivity (Wildman–Crippen MR) is 78.9 cm³/mol. The van der Waals surface area contributed by atoms with Crippen LogP contribution in [0.5, 0.6) is 11.5 Å². The van der Waals surface area contributed by atoms with Gasteiger partial charge in [-0.1, -0.05) is 24.6 Å². The Morgan fingerprint density at radius 1 is 0.950 bits per heavy atom. The van der Waals surface area contributed by atoms with Gasteiger partial charge < -0.3 is 10.1 Å². The van der Waals surface area contributed by atoms with E-state index in [9.17, 15) is 4.79 Å². The number of anilines is 1. The number of rotatable bonds is 4. The summed E-state index contributed by atoms with van der Waals surface area (Å²) in [6.45, 7) is 0. The Bertz CT molecular complexity index is 574. The molecule has 2 aromatic rings. The topological polar surface area (TPSA) is 38.3 Å². The molecule has 0 saturated heterocycles. The third kappa shape index (κ3) is 2.99. The number of hydrogen-bond acceptors (Lipinski definition) is 2. The van der Waals surface area contributed by atoms with Crippen molar-refractivity contribution in [1.29, 1.82) is 0 Å². The zero-order chi connectivity index (χ0) is 13.8. The van der Waals surface area contributed by atoms with Crippen LogP contribution in [0.15, 0.2) is 54.6 Å². The zero-order valence-corrected chi connectivity index (χ0v) is 11.2. The van der Waals surface area contributed by atoms with Crippen LogP contribution in [-0.4, -0.2) is 5.91 Å². The lowest BCUT2D eigenvalue weighted by molar-refractivity contribution is -0.122. The van der Waals surface area contributed by atoms with Crippen molar-refractivity contribution in [3.8, 4) is 11.5 Å². The van der Waals surface area contributed by atoms with Crippen molar-refractivity contribution in [3.63, 3.8) is 0 Å². The lowest BCUT2D eigenvalue weighted by Gasteiger charge is -2.24. The van der Waals surface area contributed by atoms with Gasteiger partial charge in [-0.3, -0.25) is 4.79 Å². The summed E-state index contributed by atoms with van der Waals surface area (Å²) < 4.78 is 5.71. The third-order valence-electron chi connectivity index (χ3n) is 3.58. The number of para-hydroxylation sites is 1. The van der Waals surface area contributed by atoms with Crippen LogP contribution in [0.2, 0.25) is 0 Å². The molecule has 1 aliphatic rings. The first-order chi connectivity index (χ1) is 9.81. The molecule has 2 aromatic carbocycles. The molecule has 1 fully saturated rings. The van der Waals surface area contributed by atoms with E-state index >= 15 is 0 Å². The Labute approximate surface area is 118 Å². The van der Waals surface area contributed by atoms with Crippen LogP contribution in [0.3, 0.4) is 0 Å². The minimum Gasteiger partial charge on any atom is -0.457 e. The molecule has 0 bridgehead atoms. The highest BCUT2D eigenvalue weighted by atomic mass is 16.5. The average molecular weight is 267 g/mol. The van der Waals surface area contributed by atoms with Crippen LogP contribution in [0, 0.1) is 5.92 Å². The summed E-state index contributed by atoms with van der Waals surface area (Å²) in [4.78, 5) is 11.8. The predicted octanol–water partition coefficient (Wildman–Crippen LogP) is 4.22. The summed E-state index contributed by atoms with van der Waals surface area (Å²) in [7, 11) is 0. The van der Waals surface area contributed by atoms with Gasteiger partial charge in [0.1, 0.15) is 11.5 Å². The smallest absolute Gasteiger partial charge is 0.227 e. The number of carbonyl (C=O) groups excluding carboxylic acids is 1. The van der Waals surface area contributed by atoms with Crippen molar-refractivity contribution in [3.05, 3.63) is 54.6 Å². The number of benzene rings is 2. The number of amides is 1. The maximum absolute atomic E-state index is 11.8. The molecule has 0 aromatic heterocycles. The molecular formula is C17H17NO2. The van der Waals surface area contributed by atoms with Gasteiger partial charge in [-0.2, -0.15) is 0 Å². The Hall–Kier alpha value is -2.29. The van der Waals surface area contributed by atoms with E-state index in [1.807, 2.05) is 54.6 Å². The van der Waals surface area contributed by atoms with Gasteiger partial charge in [0, 0.05) is 11.6 Å². The fourth-order valence-corrected chi connectivity index (χ4v) is 2.15. The second-order valence-corrected chi connectivity index (χ2v) is 5.06. The van der Waals surface area contributed by atoms with E-state index in [0.717, 1.165) is 30.0 Å². The van der Waals surface area contributed by atoms with E-state index in [0.29, 0.717) is 0 Å². The first kappa shape index (κ1) is 12.7. The summed E-state index contributed by atoms with van der Waals surface area (Å²) in [6, 6.07) is 17.1. The highest BCUT2D eigenvalue weighted by molar-refractivity contribution is 5.93. The summed E-state index contributed by atoms with van der Waals surface area (Å²) in [5, 5.41) is 2.94. The first-order valence-electron chi connectivity index (χ1n) is 6.95. The minimum absolute atomic E-state index is 0.132. The number of hydrogen-bond donors (Lipinski definition) is 1. The molecule has 0 radical (unpaired) electrons. The van der Waals surface area contributed by atoms with Crippen LogP contribution in [0.1, 0.15) is 19.3 Å². The molecular weight excluding hydrogens is 250 g/mol. The van der Waals surface area contributed by atoms with E-state index in [4.69, 9.17) is 4.74 Å². The minimum atomic E-state index is 0.132. The molecule has 3 heteroatoms. The van der Waals surface area contributed by atoms with Crippen LogP contribution in [0.4, 0.5) is 5.69 Å². The fourth-order valence-electron chi connectivity index (χ4n) is 2.15. The van der Waals surface area contributed by atoms with Gasteiger partial charge in [0.05, 0.1) is 0 Å². The van der Waals surface area contributed by atoms with E-state index in [2.05, 4.69) is 5.32 Å². The molecule has 0 heterocycles. The number of nitrogens with one attached hydrogen (secondary N) is 1. The molecule has 0 spiro atoms. The standard InChI is InChI=1S/C17H17NO2/c19-17(13-5-4-6-13)18-14-9-11-16(12-10-14)20-15-7-2-1-3-8-15/h1-3,7-13H,4-6H2,(H,18,19). The van der Waals surface area contributed by atoms with Crippen LogP contribution in [0.25, 0.3) is 0 Å². The second-order valence-electron chi connectivity index (χ2n) is 5.06. The molecule has 1 amide bonds. The molecule has 1 aliphatic carbocycles. The highest BCUT2D eigenvalue weighted by Crippen LogP contribution is 2.28. The van der Waals surface area contributed by atoms with Crippen LogP contribution in [-0.2, 0) is 4.79 Å². The fraction of sp³-hybridized carbons (Fsp3) is 0.235. The van der Waals surface area contributed by atoms with Gasteiger partial charge in [0.15, 0.2) is 0 Å². The molecule has 1 saturated carbocycles. The van der Waals surface area contributed by atoms with Gasteiger partial charge in [0.2, 0.25) is 5.91 Å². The molecule has 20 heavy (non-hydrogen) atoms. The molecule has 0 aliphatic heterocycles. The highest BCUT2D eigenvalue weighted by Gasteiger charge is 2.24. The Kier molecular flexibility index (Phi) is 3.68. The third-order valence-corrected chi connectivity index (χ3v) is 3.58. The van der Waals surface area contributed by atoms with E-state index in [-0.39, 0.29) is 11.8 Å². The molecule has 3 nitrogen and oxygen atoms in total. The van der Waals surface area contributed by atoms with Crippen molar-refractivity contribution in [1.82, 2.24) is 0 Å².